The molecule has 6 rings (SSSR count). The van der Waals surface area contributed by atoms with Crippen molar-refractivity contribution in [3.63, 3.8) is 0 Å². The quantitative estimate of drug-likeness (QED) is 0.228. The molecule has 0 aliphatic rings. The molecule has 0 spiro atoms. The maximum absolute atomic E-state index is 13.7. The van der Waals surface area contributed by atoms with E-state index >= 15 is 0 Å². The summed E-state index contributed by atoms with van der Waals surface area (Å²) in [6.45, 7) is 3.00. The zero-order valence-electron chi connectivity index (χ0n) is 23.1. The van der Waals surface area contributed by atoms with Crippen LogP contribution in [0.2, 0.25) is 0 Å². The Morgan fingerprint density at radius 1 is 0.902 bits per heavy atom. The number of fused-ring (bicyclic) bond motifs is 2. The van der Waals surface area contributed by atoms with Crippen LogP contribution in [-0.4, -0.2) is 49.9 Å². The van der Waals surface area contributed by atoms with Gasteiger partial charge in [0.1, 0.15) is 23.7 Å². The molecule has 0 fully saturated rings. The topological polar surface area (TPSA) is 82.2 Å². The van der Waals surface area contributed by atoms with Gasteiger partial charge in [0, 0.05) is 55.6 Å². The predicted molar refractivity (Wildman–Crippen MR) is 158 cm³/mol. The minimum Gasteiger partial charge on any atom is -0.489 e. The van der Waals surface area contributed by atoms with Crippen LogP contribution in [0.5, 0.6) is 5.75 Å². The smallest absolute Gasteiger partial charge is 0.328 e. The van der Waals surface area contributed by atoms with Crippen molar-refractivity contribution in [2.24, 2.45) is 0 Å². The second kappa shape index (κ2) is 10.7. The van der Waals surface area contributed by atoms with E-state index in [4.69, 9.17) is 4.74 Å². The molecule has 3 aromatic carbocycles. The number of rotatable bonds is 7. The van der Waals surface area contributed by atoms with Crippen LogP contribution in [0.1, 0.15) is 32.9 Å². The van der Waals surface area contributed by atoms with Gasteiger partial charge >= 0.3 is 6.03 Å². The normalized spacial score (nSPS) is 11.2. The highest BCUT2D eigenvalue weighted by Crippen LogP contribution is 2.29. The van der Waals surface area contributed by atoms with Gasteiger partial charge in [0.15, 0.2) is 5.78 Å². The first-order valence-corrected chi connectivity index (χ1v) is 13.3. The average molecular weight is 544 g/mol. The molecule has 8 nitrogen and oxygen atoms in total. The molecule has 0 N–H and O–H groups in total. The van der Waals surface area contributed by atoms with Crippen molar-refractivity contribution in [1.29, 1.82) is 0 Å². The second-order valence-electron chi connectivity index (χ2n) is 10.2. The van der Waals surface area contributed by atoms with E-state index in [1.54, 1.807) is 32.7 Å². The third-order valence-electron chi connectivity index (χ3n) is 7.16. The fourth-order valence-corrected chi connectivity index (χ4v) is 4.99. The number of aryl methyl sites for hydroxylation is 1. The Labute approximate surface area is 237 Å². The highest BCUT2D eigenvalue weighted by Gasteiger charge is 2.21. The van der Waals surface area contributed by atoms with Crippen LogP contribution in [0, 0.1) is 6.92 Å². The van der Waals surface area contributed by atoms with Crippen LogP contribution >= 0.6 is 0 Å². The maximum Gasteiger partial charge on any atom is 0.328 e. The number of carbonyl (C=O) groups excluding carboxylic acids is 2. The van der Waals surface area contributed by atoms with Gasteiger partial charge in [-0.05, 0) is 36.2 Å². The second-order valence-corrected chi connectivity index (χ2v) is 10.2. The van der Waals surface area contributed by atoms with Crippen molar-refractivity contribution in [2.45, 2.75) is 20.1 Å². The van der Waals surface area contributed by atoms with Crippen LogP contribution in [0.3, 0.4) is 0 Å². The number of carbonyl (C=O) groups is 2. The number of pyridine rings is 1. The van der Waals surface area contributed by atoms with Crippen molar-refractivity contribution in [1.82, 2.24) is 24.0 Å². The predicted octanol–water partition coefficient (Wildman–Crippen LogP) is 6.08. The summed E-state index contributed by atoms with van der Waals surface area (Å²) in [6, 6.07) is 24.7. The highest BCUT2D eigenvalue weighted by molar-refractivity contribution is 6.17. The zero-order chi connectivity index (χ0) is 28.5. The van der Waals surface area contributed by atoms with Crippen molar-refractivity contribution < 1.29 is 14.3 Å². The first-order valence-electron chi connectivity index (χ1n) is 13.3. The molecular weight excluding hydrogens is 514 g/mol. The number of ether oxygens (including phenoxy) is 1. The van der Waals surface area contributed by atoms with E-state index in [1.807, 2.05) is 85.8 Å². The molecule has 8 heteroatoms. The lowest BCUT2D eigenvalue weighted by molar-refractivity contribution is 0.104. The van der Waals surface area contributed by atoms with E-state index in [1.165, 1.54) is 9.47 Å². The summed E-state index contributed by atoms with van der Waals surface area (Å²) in [4.78, 5) is 37.0. The lowest BCUT2D eigenvalue weighted by Crippen LogP contribution is -2.26. The Bertz CT molecular complexity index is 1890. The van der Waals surface area contributed by atoms with E-state index in [2.05, 4.69) is 14.5 Å². The molecule has 41 heavy (non-hydrogen) atoms. The third-order valence-corrected chi connectivity index (χ3v) is 7.16. The lowest BCUT2D eigenvalue weighted by atomic mass is 10.0. The van der Waals surface area contributed by atoms with Gasteiger partial charge in [-0.15, -0.1) is 0 Å². The summed E-state index contributed by atoms with van der Waals surface area (Å²) >= 11 is 0. The standard InChI is InChI=1S/C33H29N5O3/c1-22-35-29-18-34-16-15-30(29)37(22)19-23-9-11-25(12-10-23)32(39)28-20-38(33(40)36(2)3)31-17-26(13-14-27(28)31)41-21-24-7-5-4-6-8-24/h4-18,20H,19,21H2,1-3H3. The largest absolute Gasteiger partial charge is 0.489 e. The van der Waals surface area contributed by atoms with Crippen LogP contribution in [0.25, 0.3) is 21.9 Å². The third kappa shape index (κ3) is 5.07. The number of hydrogen-bond donors (Lipinski definition) is 0. The number of amides is 1. The fraction of sp³-hybridized carbons (Fsp3) is 0.152. The summed E-state index contributed by atoms with van der Waals surface area (Å²) in [5.74, 6) is 1.37. The number of aromatic nitrogens is 4. The van der Waals surface area contributed by atoms with Gasteiger partial charge in [-0.1, -0.05) is 54.6 Å². The first-order chi connectivity index (χ1) is 19.9. The van der Waals surface area contributed by atoms with Crippen LogP contribution in [0.4, 0.5) is 4.79 Å². The number of hydrogen-bond acceptors (Lipinski definition) is 5. The molecule has 0 atom stereocenters. The summed E-state index contributed by atoms with van der Waals surface area (Å²) in [7, 11) is 3.37. The minimum absolute atomic E-state index is 0.153. The highest BCUT2D eigenvalue weighted by atomic mass is 16.5. The molecule has 3 heterocycles. The minimum atomic E-state index is -0.247. The summed E-state index contributed by atoms with van der Waals surface area (Å²) in [5.41, 5.74) is 5.59. The number of ketones is 1. The van der Waals surface area contributed by atoms with Crippen LogP contribution in [-0.2, 0) is 13.2 Å². The van der Waals surface area contributed by atoms with Crippen LogP contribution in [0.15, 0.2) is 97.5 Å². The molecule has 1 amide bonds. The van der Waals surface area contributed by atoms with Gasteiger partial charge in [-0.25, -0.2) is 9.78 Å². The van der Waals surface area contributed by atoms with Gasteiger partial charge in [-0.2, -0.15) is 0 Å². The Hall–Kier alpha value is -5.24. The molecule has 0 unspecified atom stereocenters. The maximum atomic E-state index is 13.7. The molecule has 0 saturated carbocycles. The molecule has 0 bridgehead atoms. The monoisotopic (exact) mass is 543 g/mol. The zero-order valence-corrected chi connectivity index (χ0v) is 23.1. The Morgan fingerprint density at radius 3 is 2.44 bits per heavy atom. The van der Waals surface area contributed by atoms with Gasteiger partial charge in [-0.3, -0.25) is 14.3 Å². The molecule has 6 aromatic rings. The lowest BCUT2D eigenvalue weighted by Gasteiger charge is -2.12. The molecule has 0 saturated heterocycles. The Balaban J connectivity index is 1.29. The van der Waals surface area contributed by atoms with Crippen LogP contribution < -0.4 is 4.74 Å². The average Bonchev–Trinajstić information content (AvgIpc) is 3.53. The number of imidazole rings is 1. The molecule has 3 aromatic heterocycles. The SMILES string of the molecule is Cc1nc2cnccc2n1Cc1ccc(C(=O)c2cn(C(=O)N(C)C)c3cc(OCc4ccccc4)ccc23)cc1. The van der Waals surface area contributed by atoms with Crippen molar-refractivity contribution in [3.8, 4) is 5.75 Å². The van der Waals surface area contributed by atoms with E-state index in [0.29, 0.717) is 40.9 Å². The molecule has 0 aliphatic carbocycles. The van der Waals surface area contributed by atoms with Crippen molar-refractivity contribution in [2.75, 3.05) is 14.1 Å². The number of benzene rings is 3. The Kier molecular flexibility index (Phi) is 6.81. The molecule has 0 aliphatic heterocycles. The van der Waals surface area contributed by atoms with E-state index in [0.717, 1.165) is 28.0 Å². The first kappa shape index (κ1) is 26.0. The summed E-state index contributed by atoms with van der Waals surface area (Å²) < 4.78 is 9.65. The fourth-order valence-electron chi connectivity index (χ4n) is 4.99. The van der Waals surface area contributed by atoms with Gasteiger partial charge in [0.05, 0.1) is 17.2 Å². The van der Waals surface area contributed by atoms with Crippen molar-refractivity contribution in [3.05, 3.63) is 126 Å². The number of nitrogens with zero attached hydrogens (tertiary/aromatic N) is 5. The molecule has 0 radical (unpaired) electrons. The summed E-state index contributed by atoms with van der Waals surface area (Å²) in [5, 5.41) is 0.690. The van der Waals surface area contributed by atoms with Gasteiger partial charge < -0.3 is 14.2 Å². The van der Waals surface area contributed by atoms with Crippen molar-refractivity contribution >= 4 is 33.8 Å². The Morgan fingerprint density at radius 2 is 1.68 bits per heavy atom. The van der Waals surface area contributed by atoms with Gasteiger partial charge in [0.25, 0.3) is 0 Å². The van der Waals surface area contributed by atoms with Gasteiger partial charge in [0.2, 0.25) is 0 Å². The molecule has 204 valence electrons. The van der Waals surface area contributed by atoms with E-state index in [9.17, 15) is 9.59 Å². The summed E-state index contributed by atoms with van der Waals surface area (Å²) in [6.07, 6.45) is 5.15. The van der Waals surface area contributed by atoms with E-state index < -0.39 is 0 Å². The molecular formula is C33H29N5O3. The van der Waals surface area contributed by atoms with E-state index in [-0.39, 0.29) is 11.8 Å².